The number of hydrogen-bond donors (Lipinski definition) is 2. The van der Waals surface area contributed by atoms with Gasteiger partial charge in [-0.15, -0.1) is 0 Å². The molecule has 1 saturated carbocycles. The first-order chi connectivity index (χ1) is 9.25. The minimum atomic E-state index is -0.918. The van der Waals surface area contributed by atoms with Crippen LogP contribution < -0.4 is 0 Å². The molecule has 0 bridgehead atoms. The Labute approximate surface area is 110 Å². The zero-order valence-electron chi connectivity index (χ0n) is 10.3. The van der Waals surface area contributed by atoms with Crippen LogP contribution in [0.3, 0.4) is 0 Å². The van der Waals surface area contributed by atoms with Crippen molar-refractivity contribution in [3.63, 3.8) is 0 Å². The lowest BCUT2D eigenvalue weighted by Crippen LogP contribution is -2.03. The second-order valence-electron chi connectivity index (χ2n) is 5.52. The maximum Gasteiger partial charge on any atom is 0.356 e. The number of aromatic amines is 1. The number of nitrogens with zero attached hydrogens (tertiary/aromatic N) is 1. The Bertz CT molecular complexity index is 647. The summed E-state index contributed by atoms with van der Waals surface area (Å²) in [4.78, 5) is 11.0. The maximum atomic E-state index is 11.0. The molecule has 2 aromatic rings. The number of rotatable bonds is 3. The average molecular weight is 254 g/mol. The Kier molecular flexibility index (Phi) is 2.10. The Morgan fingerprint density at radius 3 is 2.89 bits per heavy atom. The first-order valence-electron chi connectivity index (χ1n) is 6.60. The molecule has 2 aliphatic rings. The van der Waals surface area contributed by atoms with E-state index in [1.165, 1.54) is 5.56 Å². The van der Waals surface area contributed by atoms with Crippen molar-refractivity contribution < 1.29 is 9.90 Å². The Morgan fingerprint density at radius 1 is 1.37 bits per heavy atom. The molecule has 0 spiro atoms. The van der Waals surface area contributed by atoms with Gasteiger partial charge in [-0.2, -0.15) is 5.10 Å². The quantitative estimate of drug-likeness (QED) is 0.882. The van der Waals surface area contributed by atoms with Gasteiger partial charge in [-0.3, -0.25) is 5.10 Å². The number of aromatic nitrogens is 2. The monoisotopic (exact) mass is 254 g/mol. The molecule has 1 fully saturated rings. The number of benzene rings is 1. The number of hydrogen-bond acceptors (Lipinski definition) is 2. The summed E-state index contributed by atoms with van der Waals surface area (Å²) in [6, 6.07) is 10.5. The molecule has 96 valence electrons. The van der Waals surface area contributed by atoms with Crippen molar-refractivity contribution in [2.24, 2.45) is 11.8 Å². The van der Waals surface area contributed by atoms with Gasteiger partial charge in [0.05, 0.1) is 0 Å². The summed E-state index contributed by atoms with van der Waals surface area (Å²) >= 11 is 0. The fourth-order valence-corrected chi connectivity index (χ4v) is 3.59. The highest BCUT2D eigenvalue weighted by Gasteiger charge is 2.57. The van der Waals surface area contributed by atoms with Gasteiger partial charge >= 0.3 is 5.97 Å². The van der Waals surface area contributed by atoms with Crippen molar-refractivity contribution in [3.05, 3.63) is 52.8 Å². The molecule has 2 aliphatic carbocycles. The molecular weight excluding hydrogens is 240 g/mol. The molecule has 1 heterocycles. The summed E-state index contributed by atoms with van der Waals surface area (Å²) in [5, 5.41) is 15.9. The van der Waals surface area contributed by atoms with E-state index in [0.717, 1.165) is 24.1 Å². The van der Waals surface area contributed by atoms with E-state index in [-0.39, 0.29) is 5.69 Å². The number of H-pyrrole nitrogens is 1. The Morgan fingerprint density at radius 2 is 2.16 bits per heavy atom. The molecule has 0 amide bonds. The van der Waals surface area contributed by atoms with Crippen LogP contribution in [-0.4, -0.2) is 21.3 Å². The van der Waals surface area contributed by atoms with E-state index in [1.54, 1.807) is 0 Å². The second kappa shape index (κ2) is 3.70. The third-order valence-corrected chi connectivity index (χ3v) is 4.52. The summed E-state index contributed by atoms with van der Waals surface area (Å²) in [5.74, 6) is 0.841. The first kappa shape index (κ1) is 10.8. The lowest BCUT2D eigenvalue weighted by atomic mass is 10.0. The third-order valence-electron chi connectivity index (χ3n) is 4.52. The topological polar surface area (TPSA) is 66.0 Å². The van der Waals surface area contributed by atoms with Gasteiger partial charge in [-0.25, -0.2) is 4.79 Å². The lowest BCUT2D eigenvalue weighted by molar-refractivity contribution is 0.0689. The molecular formula is C15H14N2O2. The fourth-order valence-electron chi connectivity index (χ4n) is 3.59. The van der Waals surface area contributed by atoms with Crippen LogP contribution in [0.2, 0.25) is 0 Å². The van der Waals surface area contributed by atoms with Crippen molar-refractivity contribution in [2.75, 3.05) is 0 Å². The number of aromatic carboxylic acids is 1. The van der Waals surface area contributed by atoms with Gasteiger partial charge in [0.2, 0.25) is 0 Å². The maximum absolute atomic E-state index is 11.0. The summed E-state index contributed by atoms with van der Waals surface area (Å²) in [6.45, 7) is 0. The molecule has 0 aliphatic heterocycles. The summed E-state index contributed by atoms with van der Waals surface area (Å²) in [6.07, 6.45) is 1.95. The number of fused-ring (bicyclic) bond motifs is 3. The minimum absolute atomic E-state index is 0.223. The van der Waals surface area contributed by atoms with Crippen molar-refractivity contribution in [1.82, 2.24) is 10.2 Å². The Hall–Kier alpha value is -2.10. The second-order valence-corrected chi connectivity index (χ2v) is 5.52. The predicted molar refractivity (Wildman–Crippen MR) is 69.1 cm³/mol. The molecule has 0 saturated heterocycles. The van der Waals surface area contributed by atoms with E-state index in [1.807, 2.05) is 6.07 Å². The standard InChI is InChI=1S/C15H14N2O2/c18-15(19)14-11-7-10-9(12(10)13(11)16-17-14)6-8-4-2-1-3-5-8/h1-5,9-10,12H,6-7H2,(H,16,17)(H,18,19)/t9-,10-,12+/m0/s1. The van der Waals surface area contributed by atoms with Gasteiger partial charge in [0.25, 0.3) is 0 Å². The smallest absolute Gasteiger partial charge is 0.356 e. The lowest BCUT2D eigenvalue weighted by Gasteiger charge is -2.04. The molecule has 3 atom stereocenters. The van der Waals surface area contributed by atoms with Crippen LogP contribution in [0.15, 0.2) is 30.3 Å². The van der Waals surface area contributed by atoms with Gasteiger partial charge in [-0.1, -0.05) is 30.3 Å². The average Bonchev–Trinajstić information content (AvgIpc) is 2.75. The van der Waals surface area contributed by atoms with E-state index < -0.39 is 5.97 Å². The van der Waals surface area contributed by atoms with Crippen LogP contribution in [0.25, 0.3) is 0 Å². The number of carboxylic acid groups (broad SMARTS) is 1. The van der Waals surface area contributed by atoms with Crippen LogP contribution >= 0.6 is 0 Å². The molecule has 1 aromatic heterocycles. The van der Waals surface area contributed by atoms with Crippen molar-refractivity contribution in [1.29, 1.82) is 0 Å². The van der Waals surface area contributed by atoms with Crippen molar-refractivity contribution in [3.8, 4) is 0 Å². The Balaban J connectivity index is 1.56. The van der Waals surface area contributed by atoms with Crippen molar-refractivity contribution in [2.45, 2.75) is 18.8 Å². The highest BCUT2D eigenvalue weighted by molar-refractivity contribution is 5.87. The van der Waals surface area contributed by atoms with Crippen molar-refractivity contribution >= 4 is 5.97 Å². The summed E-state index contributed by atoms with van der Waals surface area (Å²) in [7, 11) is 0. The largest absolute Gasteiger partial charge is 0.476 e. The summed E-state index contributed by atoms with van der Waals surface area (Å²) in [5.41, 5.74) is 3.59. The molecule has 0 unspecified atom stereocenters. The van der Waals surface area contributed by atoms with E-state index in [0.29, 0.717) is 17.8 Å². The van der Waals surface area contributed by atoms with Gasteiger partial charge < -0.3 is 5.11 Å². The zero-order valence-corrected chi connectivity index (χ0v) is 10.3. The van der Waals surface area contributed by atoms with E-state index in [9.17, 15) is 4.79 Å². The van der Waals surface area contributed by atoms with Gasteiger partial charge in [0, 0.05) is 17.2 Å². The zero-order chi connectivity index (χ0) is 13.0. The third kappa shape index (κ3) is 1.52. The molecule has 4 nitrogen and oxygen atoms in total. The molecule has 2 N–H and O–H groups in total. The van der Waals surface area contributed by atoms with Crippen LogP contribution in [0.4, 0.5) is 0 Å². The van der Waals surface area contributed by atoms with Crippen LogP contribution in [0.5, 0.6) is 0 Å². The van der Waals surface area contributed by atoms with Gasteiger partial charge in [-0.05, 0) is 30.2 Å². The normalized spacial score (nSPS) is 26.8. The SMILES string of the molecule is O=C(O)c1n[nH]c2c1C[C@H]1[C@H](Cc3ccccc3)[C@@H]21. The highest BCUT2D eigenvalue weighted by atomic mass is 16.4. The predicted octanol–water partition coefficient (Wildman–Crippen LogP) is 2.24. The summed E-state index contributed by atoms with van der Waals surface area (Å²) < 4.78 is 0. The van der Waals surface area contributed by atoms with Gasteiger partial charge in [0.15, 0.2) is 5.69 Å². The number of nitrogens with one attached hydrogen (secondary N) is 1. The molecule has 19 heavy (non-hydrogen) atoms. The molecule has 0 radical (unpaired) electrons. The van der Waals surface area contributed by atoms with Crippen LogP contribution in [-0.2, 0) is 12.8 Å². The first-order valence-corrected chi connectivity index (χ1v) is 6.60. The van der Waals surface area contributed by atoms with E-state index in [4.69, 9.17) is 5.11 Å². The highest BCUT2D eigenvalue weighted by Crippen LogP contribution is 2.62. The fraction of sp³-hybridized carbons (Fsp3) is 0.333. The van der Waals surface area contributed by atoms with Crippen LogP contribution in [0.1, 0.15) is 33.2 Å². The molecule has 4 rings (SSSR count). The number of carbonyl (C=O) groups is 1. The molecule has 4 heteroatoms. The van der Waals surface area contributed by atoms with Crippen LogP contribution in [0, 0.1) is 11.8 Å². The molecule has 1 aromatic carbocycles. The van der Waals surface area contributed by atoms with E-state index in [2.05, 4.69) is 34.5 Å². The van der Waals surface area contributed by atoms with Gasteiger partial charge in [0.1, 0.15) is 0 Å². The number of carboxylic acids is 1. The minimum Gasteiger partial charge on any atom is -0.476 e. The van der Waals surface area contributed by atoms with E-state index >= 15 is 0 Å².